The molecule has 0 saturated heterocycles. The zero-order chi connectivity index (χ0) is 14.8. The molecule has 1 heterocycles. The molecule has 8 heteroatoms. The fourth-order valence-electron chi connectivity index (χ4n) is 1.92. The van der Waals surface area contributed by atoms with Crippen LogP contribution >= 0.6 is 58.0 Å². The predicted octanol–water partition coefficient (Wildman–Crippen LogP) is 4.83. The van der Waals surface area contributed by atoms with Gasteiger partial charge < -0.3 is 4.90 Å². The summed E-state index contributed by atoms with van der Waals surface area (Å²) >= 11 is 30.1. The van der Waals surface area contributed by atoms with E-state index in [0.717, 1.165) is 19.4 Å². The Bertz CT molecular complexity index is 327. The summed E-state index contributed by atoms with van der Waals surface area (Å²) in [6.45, 7) is 7.10. The van der Waals surface area contributed by atoms with E-state index in [0.29, 0.717) is 5.92 Å². The number of hydrazone groups is 1. The van der Waals surface area contributed by atoms with Crippen LogP contribution < -0.4 is 0 Å². The Morgan fingerprint density at radius 3 is 2.21 bits per heavy atom. The third-order valence-electron chi connectivity index (χ3n) is 2.79. The third-order valence-corrected chi connectivity index (χ3v) is 5.15. The minimum absolute atomic E-state index is 0.106. The van der Waals surface area contributed by atoms with Crippen LogP contribution in [0.15, 0.2) is 5.10 Å². The van der Waals surface area contributed by atoms with Crippen LogP contribution in [0.25, 0.3) is 0 Å². The number of rotatable bonds is 5. The van der Waals surface area contributed by atoms with E-state index in [1.165, 1.54) is 0 Å². The maximum Gasteiger partial charge on any atom is 0.241 e. The fourth-order valence-corrected chi connectivity index (χ4v) is 2.52. The summed E-state index contributed by atoms with van der Waals surface area (Å²) in [6, 6.07) is 0. The van der Waals surface area contributed by atoms with Crippen LogP contribution in [0.4, 0.5) is 0 Å². The van der Waals surface area contributed by atoms with Gasteiger partial charge in [-0.15, -0.1) is 0 Å². The van der Waals surface area contributed by atoms with Gasteiger partial charge in [-0.25, -0.2) is 0 Å². The molecule has 0 aromatic carbocycles. The van der Waals surface area contributed by atoms with Crippen molar-refractivity contribution in [3.05, 3.63) is 0 Å². The minimum atomic E-state index is -1.83. The second-order valence-corrected chi connectivity index (χ2v) is 8.52. The van der Waals surface area contributed by atoms with Crippen LogP contribution in [0.3, 0.4) is 0 Å². The van der Waals surface area contributed by atoms with Gasteiger partial charge in [-0.3, -0.25) is 5.01 Å². The van der Waals surface area contributed by atoms with Crippen LogP contribution in [0.2, 0.25) is 0 Å². The highest BCUT2D eigenvalue weighted by molar-refractivity contribution is 6.75. The highest BCUT2D eigenvalue weighted by Crippen LogP contribution is 2.49. The molecular weight excluding hydrogens is 351 g/mol. The summed E-state index contributed by atoms with van der Waals surface area (Å²) in [7, 11) is 0. The molecule has 1 unspecified atom stereocenters. The molecule has 1 aliphatic heterocycles. The highest BCUT2D eigenvalue weighted by Gasteiger charge is 2.54. The molecular formula is C11H18Cl5N3. The van der Waals surface area contributed by atoms with Crippen molar-refractivity contribution in [3.63, 3.8) is 0 Å². The number of nitrogens with zero attached hydrogens (tertiary/aromatic N) is 3. The summed E-state index contributed by atoms with van der Waals surface area (Å²) in [5.41, 5.74) is 0. The molecule has 0 fully saturated rings. The molecule has 0 aromatic rings. The van der Waals surface area contributed by atoms with Crippen LogP contribution in [0.5, 0.6) is 0 Å². The van der Waals surface area contributed by atoms with Crippen LogP contribution in [-0.4, -0.2) is 37.2 Å². The standard InChI is InChI=1S/C11H18Cl5N3/c1-4-5-19-9(6-8(2)3)18(7-17-19)11(15,16)10(12,13)14/h7-9H,4-6H2,1-3H3. The topological polar surface area (TPSA) is 18.8 Å². The lowest BCUT2D eigenvalue weighted by Gasteiger charge is -2.41. The summed E-state index contributed by atoms with van der Waals surface area (Å²) in [4.78, 5) is 1.61. The molecule has 0 aliphatic carbocycles. The third kappa shape index (κ3) is 4.10. The molecule has 0 bridgehead atoms. The highest BCUT2D eigenvalue weighted by atomic mass is 35.6. The quantitative estimate of drug-likeness (QED) is 0.510. The van der Waals surface area contributed by atoms with Gasteiger partial charge in [0.15, 0.2) is 0 Å². The van der Waals surface area contributed by atoms with Crippen molar-refractivity contribution in [3.8, 4) is 0 Å². The SMILES string of the molecule is CCCN1N=CN(C(Cl)(Cl)C(Cl)(Cl)Cl)C1CC(C)C. The van der Waals surface area contributed by atoms with E-state index in [4.69, 9.17) is 58.0 Å². The Labute approximate surface area is 139 Å². The Hall–Kier alpha value is 0.720. The zero-order valence-corrected chi connectivity index (χ0v) is 14.9. The van der Waals surface area contributed by atoms with Gasteiger partial charge in [-0.1, -0.05) is 78.8 Å². The summed E-state index contributed by atoms with van der Waals surface area (Å²) in [5.74, 6) is 0.438. The normalized spacial score (nSPS) is 20.8. The first-order chi connectivity index (χ1) is 8.61. The fraction of sp³-hybridized carbons (Fsp3) is 0.909. The average Bonchev–Trinajstić information content (AvgIpc) is 2.60. The number of hydrogen-bond acceptors (Lipinski definition) is 3. The largest absolute Gasteiger partial charge is 0.304 e. The first kappa shape index (κ1) is 17.8. The van der Waals surface area contributed by atoms with Gasteiger partial charge in [-0.2, -0.15) is 5.10 Å². The number of hydrogen-bond donors (Lipinski definition) is 0. The summed E-state index contributed by atoms with van der Waals surface area (Å²) in [5, 5.41) is 6.24. The van der Waals surface area contributed by atoms with Crippen molar-refractivity contribution in [1.29, 1.82) is 0 Å². The number of halogens is 5. The number of alkyl halides is 5. The van der Waals surface area contributed by atoms with E-state index in [1.807, 2.05) is 5.01 Å². The van der Waals surface area contributed by atoms with Crippen molar-refractivity contribution < 1.29 is 0 Å². The van der Waals surface area contributed by atoms with E-state index in [2.05, 4.69) is 25.9 Å². The molecule has 19 heavy (non-hydrogen) atoms. The van der Waals surface area contributed by atoms with Crippen molar-refractivity contribution in [2.75, 3.05) is 6.54 Å². The molecule has 0 radical (unpaired) electrons. The first-order valence-electron chi connectivity index (χ1n) is 6.15. The summed E-state index contributed by atoms with van der Waals surface area (Å²) in [6.07, 6.45) is 3.23. The molecule has 0 spiro atoms. The van der Waals surface area contributed by atoms with Crippen molar-refractivity contribution >= 4 is 64.3 Å². The molecule has 1 rings (SSSR count). The second kappa shape index (κ2) is 6.65. The van der Waals surface area contributed by atoms with E-state index >= 15 is 0 Å². The van der Waals surface area contributed by atoms with E-state index in [1.54, 1.807) is 11.2 Å². The Balaban J connectivity index is 2.96. The zero-order valence-electron chi connectivity index (χ0n) is 11.1. The lowest BCUT2D eigenvalue weighted by molar-refractivity contribution is 0.0937. The molecule has 0 N–H and O–H groups in total. The van der Waals surface area contributed by atoms with Gasteiger partial charge in [-0.05, 0) is 18.8 Å². The second-order valence-electron chi connectivity index (χ2n) is 4.95. The van der Waals surface area contributed by atoms with E-state index in [9.17, 15) is 0 Å². The molecule has 0 aromatic heterocycles. The van der Waals surface area contributed by atoms with E-state index in [-0.39, 0.29) is 6.17 Å². The van der Waals surface area contributed by atoms with Gasteiger partial charge in [0, 0.05) is 6.54 Å². The molecule has 3 nitrogen and oxygen atoms in total. The van der Waals surface area contributed by atoms with Gasteiger partial charge >= 0.3 is 0 Å². The van der Waals surface area contributed by atoms with Crippen LogP contribution in [-0.2, 0) is 0 Å². The van der Waals surface area contributed by atoms with Gasteiger partial charge in [0.05, 0.1) is 0 Å². The van der Waals surface area contributed by atoms with E-state index < -0.39 is 8.25 Å². The maximum absolute atomic E-state index is 6.24. The molecule has 0 saturated carbocycles. The monoisotopic (exact) mass is 367 g/mol. The minimum Gasteiger partial charge on any atom is -0.304 e. The first-order valence-corrected chi connectivity index (χ1v) is 8.04. The Morgan fingerprint density at radius 1 is 1.21 bits per heavy atom. The van der Waals surface area contributed by atoms with Gasteiger partial charge in [0.2, 0.25) is 8.25 Å². The van der Waals surface area contributed by atoms with Crippen LogP contribution in [0, 0.1) is 5.92 Å². The van der Waals surface area contributed by atoms with Crippen molar-refractivity contribution in [2.24, 2.45) is 11.0 Å². The Kier molecular flexibility index (Phi) is 6.22. The predicted molar refractivity (Wildman–Crippen MR) is 85.3 cm³/mol. The summed E-state index contributed by atoms with van der Waals surface area (Å²) < 4.78 is -3.50. The molecule has 1 aliphatic rings. The maximum atomic E-state index is 6.24. The molecule has 112 valence electrons. The molecule has 1 atom stereocenters. The van der Waals surface area contributed by atoms with Crippen molar-refractivity contribution in [1.82, 2.24) is 9.91 Å². The Morgan fingerprint density at radius 2 is 1.79 bits per heavy atom. The van der Waals surface area contributed by atoms with Gasteiger partial charge in [0.1, 0.15) is 12.5 Å². The smallest absolute Gasteiger partial charge is 0.241 e. The lowest BCUT2D eigenvalue weighted by atomic mass is 10.1. The van der Waals surface area contributed by atoms with Crippen LogP contribution in [0.1, 0.15) is 33.6 Å². The van der Waals surface area contributed by atoms with Crippen molar-refractivity contribution in [2.45, 2.75) is 48.0 Å². The average molecular weight is 370 g/mol. The lowest BCUT2D eigenvalue weighted by Crippen LogP contribution is -2.54. The molecule has 0 amide bonds. The van der Waals surface area contributed by atoms with Gasteiger partial charge in [0.25, 0.3) is 0 Å².